The molecule has 1 aromatic rings. The van der Waals surface area contributed by atoms with E-state index in [0.29, 0.717) is 5.92 Å². The second-order valence-corrected chi connectivity index (χ2v) is 3.89. The second-order valence-electron chi connectivity index (χ2n) is 3.89. The molecule has 0 spiro atoms. The normalized spacial score (nSPS) is 18.9. The summed E-state index contributed by atoms with van der Waals surface area (Å²) >= 11 is 0. The van der Waals surface area contributed by atoms with Gasteiger partial charge in [-0.1, -0.05) is 24.3 Å². The van der Waals surface area contributed by atoms with E-state index in [1.807, 2.05) is 6.07 Å². The van der Waals surface area contributed by atoms with Crippen molar-refractivity contribution in [2.75, 3.05) is 0 Å². The van der Waals surface area contributed by atoms with Gasteiger partial charge in [0.1, 0.15) is 0 Å². The first kappa shape index (κ1) is 10.5. The molecule has 1 atom stereocenters. The molecule has 1 aliphatic carbocycles. The summed E-state index contributed by atoms with van der Waals surface area (Å²) in [5, 5.41) is 9.06. The standard InChI is InChI=1S/C11H11F3O/c12-11(13,14)10(15)9-3-1-2-8(6-9)7-4-5-7/h1-3,6-7,10,15H,4-5H2/t10-/m1/s1. The molecule has 1 N–H and O–H groups in total. The maximum absolute atomic E-state index is 12.2. The lowest BCUT2D eigenvalue weighted by molar-refractivity contribution is -0.206. The maximum Gasteiger partial charge on any atom is 0.418 e. The molecule has 4 heteroatoms. The third kappa shape index (κ3) is 2.31. The molecule has 0 bridgehead atoms. The average Bonchev–Trinajstić information content (AvgIpc) is 2.98. The lowest BCUT2D eigenvalue weighted by atomic mass is 10.0. The van der Waals surface area contributed by atoms with E-state index in [1.165, 1.54) is 12.1 Å². The van der Waals surface area contributed by atoms with Gasteiger partial charge in [-0.3, -0.25) is 0 Å². The van der Waals surface area contributed by atoms with Crippen LogP contribution in [0.4, 0.5) is 13.2 Å². The molecule has 1 saturated carbocycles. The molecule has 0 saturated heterocycles. The van der Waals surface area contributed by atoms with E-state index < -0.39 is 12.3 Å². The molecule has 1 aromatic carbocycles. The van der Waals surface area contributed by atoms with Gasteiger partial charge in [-0.15, -0.1) is 0 Å². The fraction of sp³-hybridized carbons (Fsp3) is 0.455. The van der Waals surface area contributed by atoms with Crippen LogP contribution in [-0.2, 0) is 0 Å². The highest BCUT2D eigenvalue weighted by Gasteiger charge is 2.39. The Hall–Kier alpha value is -1.03. The summed E-state index contributed by atoms with van der Waals surface area (Å²) in [5.41, 5.74) is 0.836. The van der Waals surface area contributed by atoms with Crippen molar-refractivity contribution in [1.29, 1.82) is 0 Å². The lowest BCUT2D eigenvalue weighted by Crippen LogP contribution is -2.20. The molecule has 82 valence electrons. The van der Waals surface area contributed by atoms with Gasteiger partial charge < -0.3 is 5.11 Å². The molecule has 2 rings (SSSR count). The molecule has 0 heterocycles. The Bertz CT molecular complexity index is 355. The van der Waals surface area contributed by atoms with Crippen LogP contribution < -0.4 is 0 Å². The largest absolute Gasteiger partial charge is 0.418 e. The van der Waals surface area contributed by atoms with Gasteiger partial charge >= 0.3 is 6.18 Å². The van der Waals surface area contributed by atoms with Crippen molar-refractivity contribution >= 4 is 0 Å². The van der Waals surface area contributed by atoms with Gasteiger partial charge in [-0.25, -0.2) is 0 Å². The summed E-state index contributed by atoms with van der Waals surface area (Å²) in [6.45, 7) is 0. The highest BCUT2D eigenvalue weighted by atomic mass is 19.4. The van der Waals surface area contributed by atoms with Gasteiger partial charge in [0, 0.05) is 0 Å². The zero-order valence-electron chi connectivity index (χ0n) is 7.96. The van der Waals surface area contributed by atoms with Crippen molar-refractivity contribution in [3.63, 3.8) is 0 Å². The zero-order valence-corrected chi connectivity index (χ0v) is 7.96. The minimum atomic E-state index is -4.58. The molecule has 0 unspecified atom stereocenters. The molecule has 0 radical (unpaired) electrons. The number of aliphatic hydroxyl groups excluding tert-OH is 1. The topological polar surface area (TPSA) is 20.2 Å². The first-order valence-corrected chi connectivity index (χ1v) is 4.83. The van der Waals surface area contributed by atoms with Crippen LogP contribution in [0, 0.1) is 0 Å². The highest BCUT2D eigenvalue weighted by molar-refractivity contribution is 5.30. The predicted molar refractivity (Wildman–Crippen MR) is 49.4 cm³/mol. The predicted octanol–water partition coefficient (Wildman–Crippen LogP) is 3.16. The Morgan fingerprint density at radius 2 is 1.93 bits per heavy atom. The summed E-state index contributed by atoms with van der Waals surface area (Å²) in [6, 6.07) is 6.14. The summed E-state index contributed by atoms with van der Waals surface area (Å²) in [4.78, 5) is 0. The van der Waals surface area contributed by atoms with Crippen molar-refractivity contribution in [2.24, 2.45) is 0 Å². The average molecular weight is 216 g/mol. The van der Waals surface area contributed by atoms with E-state index in [-0.39, 0.29) is 5.56 Å². The number of hydrogen-bond donors (Lipinski definition) is 1. The number of aliphatic hydroxyl groups is 1. The van der Waals surface area contributed by atoms with Crippen LogP contribution in [0.1, 0.15) is 36.0 Å². The van der Waals surface area contributed by atoms with Gasteiger partial charge in [0.15, 0.2) is 6.10 Å². The fourth-order valence-electron chi connectivity index (χ4n) is 1.59. The number of alkyl halides is 3. The first-order chi connectivity index (χ1) is 6.98. The SMILES string of the molecule is O[C@H](c1cccc(C2CC2)c1)C(F)(F)F. The van der Waals surface area contributed by atoms with Gasteiger partial charge in [0.25, 0.3) is 0 Å². The molecule has 1 aliphatic rings. The molecular weight excluding hydrogens is 205 g/mol. The van der Waals surface area contributed by atoms with Crippen LogP contribution in [0.3, 0.4) is 0 Å². The van der Waals surface area contributed by atoms with E-state index in [2.05, 4.69) is 0 Å². The molecule has 0 aliphatic heterocycles. The van der Waals surface area contributed by atoms with Crippen LogP contribution in [0.15, 0.2) is 24.3 Å². The molecule has 0 amide bonds. The van der Waals surface area contributed by atoms with Gasteiger partial charge in [0.05, 0.1) is 0 Å². The van der Waals surface area contributed by atoms with E-state index in [9.17, 15) is 13.2 Å². The van der Waals surface area contributed by atoms with Crippen LogP contribution >= 0.6 is 0 Å². The van der Waals surface area contributed by atoms with E-state index in [4.69, 9.17) is 5.11 Å². The molecule has 1 nitrogen and oxygen atoms in total. The van der Waals surface area contributed by atoms with Crippen molar-refractivity contribution in [3.8, 4) is 0 Å². The first-order valence-electron chi connectivity index (χ1n) is 4.83. The lowest BCUT2D eigenvalue weighted by Gasteiger charge is -2.15. The number of hydrogen-bond acceptors (Lipinski definition) is 1. The number of halogens is 3. The monoisotopic (exact) mass is 216 g/mol. The van der Waals surface area contributed by atoms with Crippen LogP contribution in [0.2, 0.25) is 0 Å². The van der Waals surface area contributed by atoms with Gasteiger partial charge in [-0.05, 0) is 29.9 Å². The van der Waals surface area contributed by atoms with Crippen molar-refractivity contribution < 1.29 is 18.3 Å². The van der Waals surface area contributed by atoms with Crippen LogP contribution in [-0.4, -0.2) is 11.3 Å². The zero-order chi connectivity index (χ0) is 11.1. The minimum Gasteiger partial charge on any atom is -0.379 e. The quantitative estimate of drug-likeness (QED) is 0.805. The summed E-state index contributed by atoms with van der Waals surface area (Å²) in [5.74, 6) is 0.394. The third-order valence-electron chi connectivity index (χ3n) is 2.59. The van der Waals surface area contributed by atoms with E-state index >= 15 is 0 Å². The Morgan fingerprint density at radius 3 is 2.47 bits per heavy atom. The third-order valence-corrected chi connectivity index (χ3v) is 2.59. The molecule has 1 fully saturated rings. The second kappa shape index (κ2) is 3.52. The molecule has 15 heavy (non-hydrogen) atoms. The van der Waals surface area contributed by atoms with Crippen LogP contribution in [0.25, 0.3) is 0 Å². The smallest absolute Gasteiger partial charge is 0.379 e. The fourth-order valence-corrected chi connectivity index (χ4v) is 1.59. The summed E-state index contributed by atoms with van der Waals surface area (Å²) in [6.07, 6.45) is -4.88. The van der Waals surface area contributed by atoms with Gasteiger partial charge in [0.2, 0.25) is 0 Å². The molecular formula is C11H11F3O. The van der Waals surface area contributed by atoms with Crippen molar-refractivity contribution in [2.45, 2.75) is 31.0 Å². The van der Waals surface area contributed by atoms with Crippen LogP contribution in [0.5, 0.6) is 0 Å². The van der Waals surface area contributed by atoms with E-state index in [0.717, 1.165) is 18.4 Å². The Balaban J connectivity index is 2.24. The Kier molecular flexibility index (Phi) is 2.46. The van der Waals surface area contributed by atoms with E-state index in [1.54, 1.807) is 6.07 Å². The van der Waals surface area contributed by atoms with Gasteiger partial charge in [-0.2, -0.15) is 13.2 Å². The Morgan fingerprint density at radius 1 is 1.27 bits per heavy atom. The van der Waals surface area contributed by atoms with Crippen molar-refractivity contribution in [3.05, 3.63) is 35.4 Å². The summed E-state index contributed by atoms with van der Waals surface area (Å²) < 4.78 is 36.7. The minimum absolute atomic E-state index is 0.0631. The van der Waals surface area contributed by atoms with Crippen molar-refractivity contribution in [1.82, 2.24) is 0 Å². The highest BCUT2D eigenvalue weighted by Crippen LogP contribution is 2.41. The summed E-state index contributed by atoms with van der Waals surface area (Å²) in [7, 11) is 0. The Labute approximate surface area is 85.5 Å². The maximum atomic E-state index is 12.2. The number of rotatable bonds is 2. The molecule has 0 aromatic heterocycles. The number of benzene rings is 1.